The Morgan fingerprint density at radius 2 is 2.04 bits per heavy atom. The van der Waals surface area contributed by atoms with Gasteiger partial charge in [-0.05, 0) is 36.2 Å². The molecule has 0 unspecified atom stereocenters. The number of nitrogens with zero attached hydrogens (tertiary/aromatic N) is 2. The van der Waals surface area contributed by atoms with Crippen LogP contribution >= 0.6 is 11.6 Å². The average molecular weight is 331 g/mol. The van der Waals surface area contributed by atoms with Crippen molar-refractivity contribution in [1.29, 1.82) is 0 Å². The second-order valence-electron chi connectivity index (χ2n) is 4.88. The van der Waals surface area contributed by atoms with E-state index in [4.69, 9.17) is 24.7 Å². The van der Waals surface area contributed by atoms with Crippen molar-refractivity contribution in [3.8, 4) is 16.9 Å². The summed E-state index contributed by atoms with van der Waals surface area (Å²) in [5.74, 6) is -2.56. The number of aromatic nitrogens is 1. The molecule has 6 nitrogen and oxygen atoms in total. The van der Waals surface area contributed by atoms with Gasteiger partial charge in [0, 0.05) is 16.8 Å². The number of rotatable bonds is 4. The molecule has 1 amide bonds. The molecule has 0 aliphatic heterocycles. The fourth-order valence-electron chi connectivity index (χ4n) is 2.02. The summed E-state index contributed by atoms with van der Waals surface area (Å²) < 4.78 is 0. The summed E-state index contributed by atoms with van der Waals surface area (Å²) in [5, 5.41) is 19.2. The van der Waals surface area contributed by atoms with Gasteiger partial charge in [0.25, 0.3) is 5.91 Å². The van der Waals surface area contributed by atoms with E-state index >= 15 is 0 Å². The van der Waals surface area contributed by atoms with E-state index in [-0.39, 0.29) is 5.69 Å². The Morgan fingerprint density at radius 3 is 2.65 bits per heavy atom. The molecule has 23 heavy (non-hydrogen) atoms. The van der Waals surface area contributed by atoms with Crippen LogP contribution in [0.1, 0.15) is 16.1 Å². The number of aromatic hydroxyl groups is 1. The summed E-state index contributed by atoms with van der Waals surface area (Å²) >= 11 is 5.96. The van der Waals surface area contributed by atoms with E-state index in [1.807, 2.05) is 13.0 Å². The average Bonchev–Trinajstić information content (AvgIpc) is 2.48. The number of hydrogen-bond donors (Lipinski definition) is 2. The normalized spacial score (nSPS) is 10.3. The molecule has 8 heteroatoms. The molecule has 1 aromatic carbocycles. The molecule has 116 valence electrons. The molecule has 1 aromatic heterocycles. The number of carboxylic acid groups (broad SMARTS) is 1. The first-order valence-electron chi connectivity index (χ1n) is 6.53. The summed E-state index contributed by atoms with van der Waals surface area (Å²) in [7, 11) is 5.35. The third-order valence-electron chi connectivity index (χ3n) is 3.15. The highest BCUT2D eigenvalue weighted by Crippen LogP contribution is 2.29. The number of pyridine rings is 1. The zero-order valence-electron chi connectivity index (χ0n) is 12.2. The quantitative estimate of drug-likeness (QED) is 0.837. The molecule has 0 bridgehead atoms. The van der Waals surface area contributed by atoms with E-state index in [0.717, 1.165) is 11.1 Å². The molecular formula is C15H12BClN2O4. The van der Waals surface area contributed by atoms with E-state index in [1.54, 1.807) is 12.1 Å². The number of hydrogen-bond acceptors (Lipinski definition) is 4. The van der Waals surface area contributed by atoms with Gasteiger partial charge in [-0.25, -0.2) is 4.98 Å². The summed E-state index contributed by atoms with van der Waals surface area (Å²) in [6.07, 6.45) is 1.39. The molecule has 0 aliphatic carbocycles. The molecule has 0 spiro atoms. The third-order valence-corrected chi connectivity index (χ3v) is 3.38. The number of aryl methyl sites for hydroxylation is 1. The maximum atomic E-state index is 12.0. The minimum Gasteiger partial charge on any atom is -0.505 e. The van der Waals surface area contributed by atoms with Crippen molar-refractivity contribution in [2.24, 2.45) is 0 Å². The van der Waals surface area contributed by atoms with Crippen molar-refractivity contribution < 1.29 is 19.8 Å². The van der Waals surface area contributed by atoms with Gasteiger partial charge >= 0.3 is 5.97 Å². The predicted octanol–water partition coefficient (Wildman–Crippen LogP) is 2.03. The number of carboxylic acids is 1. The smallest absolute Gasteiger partial charge is 0.321 e. The minimum atomic E-state index is -1.27. The summed E-state index contributed by atoms with van der Waals surface area (Å²) in [6.45, 7) is 1.17. The Morgan fingerprint density at radius 1 is 1.35 bits per heavy atom. The van der Waals surface area contributed by atoms with Crippen LogP contribution in [0.25, 0.3) is 11.1 Å². The van der Waals surface area contributed by atoms with Crippen LogP contribution in [-0.4, -0.2) is 46.4 Å². The van der Waals surface area contributed by atoms with Gasteiger partial charge in [-0.15, -0.1) is 0 Å². The number of carbonyl (C=O) groups excluding carboxylic acids is 1. The van der Waals surface area contributed by atoms with Crippen LogP contribution in [0.5, 0.6) is 5.75 Å². The number of halogens is 1. The van der Waals surface area contributed by atoms with E-state index in [0.29, 0.717) is 15.4 Å². The van der Waals surface area contributed by atoms with Gasteiger partial charge in [0.05, 0.1) is 0 Å². The second kappa shape index (κ2) is 6.70. The molecule has 2 radical (unpaired) electrons. The summed E-state index contributed by atoms with van der Waals surface area (Å²) in [5.41, 5.74) is 1.92. The van der Waals surface area contributed by atoms with E-state index in [1.165, 1.54) is 12.3 Å². The molecule has 2 N–H and O–H groups in total. The number of amides is 1. The molecule has 0 saturated carbocycles. The van der Waals surface area contributed by atoms with E-state index in [9.17, 15) is 14.7 Å². The van der Waals surface area contributed by atoms with Crippen molar-refractivity contribution in [2.75, 3.05) is 6.54 Å². The lowest BCUT2D eigenvalue weighted by Crippen LogP contribution is -2.33. The van der Waals surface area contributed by atoms with Crippen LogP contribution in [0, 0.1) is 6.92 Å². The Kier molecular flexibility index (Phi) is 4.90. The Labute approximate surface area is 138 Å². The number of carbonyl (C=O) groups is 2. The maximum absolute atomic E-state index is 12.0. The lowest BCUT2D eigenvalue weighted by molar-refractivity contribution is -0.136. The first-order valence-corrected chi connectivity index (χ1v) is 6.91. The summed E-state index contributed by atoms with van der Waals surface area (Å²) in [4.78, 5) is 26.9. The molecule has 1 heterocycles. The standard InChI is InChI=1S/C15H12BClN2O4/c1-8-2-3-10(17)5-11(8)9-4-12(20)14(18-6-9)15(23)19(16)7-13(21)22/h2-6,20H,7H2,1H3,(H,21,22). The van der Waals surface area contributed by atoms with Crippen LogP contribution in [0.2, 0.25) is 5.02 Å². The number of benzene rings is 1. The minimum absolute atomic E-state index is 0.322. The third kappa shape index (κ3) is 3.81. The molecular weight excluding hydrogens is 318 g/mol. The van der Waals surface area contributed by atoms with Crippen LogP contribution < -0.4 is 0 Å². The van der Waals surface area contributed by atoms with Crippen molar-refractivity contribution >= 4 is 31.5 Å². The highest BCUT2D eigenvalue weighted by molar-refractivity contribution is 6.30. The van der Waals surface area contributed by atoms with Crippen LogP contribution in [0.3, 0.4) is 0 Å². The van der Waals surface area contributed by atoms with Crippen molar-refractivity contribution in [1.82, 2.24) is 9.79 Å². The lowest BCUT2D eigenvalue weighted by atomic mass is 10.0. The lowest BCUT2D eigenvalue weighted by Gasteiger charge is -2.16. The molecule has 2 rings (SSSR count). The predicted molar refractivity (Wildman–Crippen MR) is 85.5 cm³/mol. The van der Waals surface area contributed by atoms with Gasteiger partial charge in [-0.1, -0.05) is 17.7 Å². The van der Waals surface area contributed by atoms with Crippen molar-refractivity contribution in [3.63, 3.8) is 0 Å². The molecule has 0 fully saturated rings. The fourth-order valence-corrected chi connectivity index (χ4v) is 2.20. The molecule has 0 aliphatic rings. The first-order chi connectivity index (χ1) is 10.8. The molecule has 0 atom stereocenters. The second-order valence-corrected chi connectivity index (χ2v) is 5.31. The van der Waals surface area contributed by atoms with Gasteiger partial charge in [0.15, 0.2) is 5.69 Å². The first kappa shape index (κ1) is 16.8. The van der Waals surface area contributed by atoms with Gasteiger partial charge in [-0.2, -0.15) is 0 Å². The van der Waals surface area contributed by atoms with Gasteiger partial charge < -0.3 is 15.0 Å². The topological polar surface area (TPSA) is 90.7 Å². The molecule has 0 saturated heterocycles. The molecule has 2 aromatic rings. The van der Waals surface area contributed by atoms with Crippen LogP contribution in [-0.2, 0) is 4.79 Å². The highest BCUT2D eigenvalue weighted by atomic mass is 35.5. The van der Waals surface area contributed by atoms with Crippen LogP contribution in [0.15, 0.2) is 30.5 Å². The SMILES string of the molecule is [B]N(CC(=O)O)C(=O)c1ncc(-c2cc(Cl)ccc2C)cc1O. The van der Waals surface area contributed by atoms with Crippen molar-refractivity contribution in [3.05, 3.63) is 46.7 Å². The van der Waals surface area contributed by atoms with E-state index in [2.05, 4.69) is 4.98 Å². The van der Waals surface area contributed by atoms with E-state index < -0.39 is 24.2 Å². The monoisotopic (exact) mass is 330 g/mol. The Hall–Kier alpha value is -2.54. The zero-order chi connectivity index (χ0) is 17.1. The van der Waals surface area contributed by atoms with Gasteiger partial charge in [0.1, 0.15) is 12.3 Å². The van der Waals surface area contributed by atoms with Crippen molar-refractivity contribution in [2.45, 2.75) is 6.92 Å². The zero-order valence-corrected chi connectivity index (χ0v) is 12.9. The van der Waals surface area contributed by atoms with Crippen LogP contribution in [0.4, 0.5) is 0 Å². The summed E-state index contributed by atoms with van der Waals surface area (Å²) in [6, 6.07) is 6.63. The maximum Gasteiger partial charge on any atom is 0.321 e. The highest BCUT2D eigenvalue weighted by Gasteiger charge is 2.19. The fraction of sp³-hybridized carbons (Fsp3) is 0.133. The Bertz CT molecular complexity index is 782. The van der Waals surface area contributed by atoms with Gasteiger partial charge in [-0.3, -0.25) is 9.59 Å². The van der Waals surface area contributed by atoms with Gasteiger partial charge in [0.2, 0.25) is 7.98 Å². The number of aliphatic carboxylic acids is 1. The Balaban J connectivity index is 2.36. The largest absolute Gasteiger partial charge is 0.505 e.